The minimum Gasteiger partial charge on any atom is -0.399 e. The Morgan fingerprint density at radius 2 is 2.00 bits per heavy atom. The molecule has 0 aliphatic heterocycles. The van der Waals surface area contributed by atoms with E-state index >= 15 is 0 Å². The van der Waals surface area contributed by atoms with E-state index in [2.05, 4.69) is 4.72 Å². The van der Waals surface area contributed by atoms with Crippen molar-refractivity contribution in [3.05, 3.63) is 52.8 Å². The second kappa shape index (κ2) is 5.91. The fourth-order valence-electron chi connectivity index (χ4n) is 1.90. The van der Waals surface area contributed by atoms with E-state index in [0.29, 0.717) is 17.7 Å². The van der Waals surface area contributed by atoms with Gasteiger partial charge in [0.25, 0.3) is 10.0 Å². The SMILES string of the molecule is CCc1ccc(N)cc1S(=O)(=O)Nc1cccc(Cl)c1F. The molecular formula is C14H14ClFN2O2S. The van der Waals surface area contributed by atoms with E-state index < -0.39 is 15.8 Å². The molecule has 2 rings (SSSR count). The first-order valence-corrected chi connectivity index (χ1v) is 8.06. The van der Waals surface area contributed by atoms with Crippen molar-refractivity contribution in [2.24, 2.45) is 0 Å². The predicted octanol–water partition coefficient (Wildman–Crippen LogP) is 3.42. The zero-order valence-corrected chi connectivity index (χ0v) is 12.8. The van der Waals surface area contributed by atoms with Gasteiger partial charge in [0.15, 0.2) is 5.82 Å². The Balaban J connectivity index is 2.48. The Hall–Kier alpha value is -1.79. The molecule has 0 unspecified atom stereocenters. The van der Waals surface area contributed by atoms with Gasteiger partial charge < -0.3 is 5.73 Å². The quantitative estimate of drug-likeness (QED) is 0.845. The van der Waals surface area contributed by atoms with Crippen molar-refractivity contribution in [1.82, 2.24) is 0 Å². The van der Waals surface area contributed by atoms with Crippen molar-refractivity contribution in [1.29, 1.82) is 0 Å². The monoisotopic (exact) mass is 328 g/mol. The molecular weight excluding hydrogens is 315 g/mol. The van der Waals surface area contributed by atoms with Crippen LogP contribution in [0.1, 0.15) is 12.5 Å². The molecule has 0 fully saturated rings. The van der Waals surface area contributed by atoms with E-state index in [4.69, 9.17) is 17.3 Å². The Morgan fingerprint density at radius 1 is 1.29 bits per heavy atom. The van der Waals surface area contributed by atoms with Crippen molar-refractivity contribution in [3.8, 4) is 0 Å². The van der Waals surface area contributed by atoms with E-state index in [9.17, 15) is 12.8 Å². The predicted molar refractivity (Wildman–Crippen MR) is 82.5 cm³/mol. The molecule has 2 aromatic carbocycles. The third kappa shape index (κ3) is 3.28. The maximum Gasteiger partial charge on any atom is 0.262 e. The highest BCUT2D eigenvalue weighted by atomic mass is 35.5. The van der Waals surface area contributed by atoms with Gasteiger partial charge in [-0.1, -0.05) is 30.7 Å². The molecule has 2 aromatic rings. The van der Waals surface area contributed by atoms with Gasteiger partial charge in [-0.15, -0.1) is 0 Å². The van der Waals surface area contributed by atoms with Gasteiger partial charge in [-0.25, -0.2) is 12.8 Å². The summed E-state index contributed by atoms with van der Waals surface area (Å²) in [5.41, 5.74) is 6.35. The Bertz CT molecular complexity index is 779. The molecule has 0 bridgehead atoms. The van der Waals surface area contributed by atoms with Gasteiger partial charge in [-0.2, -0.15) is 0 Å². The molecule has 0 radical (unpaired) electrons. The van der Waals surface area contributed by atoms with Gasteiger partial charge in [0.1, 0.15) is 0 Å². The third-order valence-electron chi connectivity index (χ3n) is 2.96. The molecule has 0 amide bonds. The van der Waals surface area contributed by atoms with Crippen LogP contribution in [0.4, 0.5) is 15.8 Å². The number of benzene rings is 2. The first-order chi connectivity index (χ1) is 9.85. The van der Waals surface area contributed by atoms with Gasteiger partial charge in [-0.05, 0) is 36.2 Å². The van der Waals surface area contributed by atoms with Crippen molar-refractivity contribution >= 4 is 33.0 Å². The smallest absolute Gasteiger partial charge is 0.262 e. The molecule has 0 heterocycles. The van der Waals surface area contributed by atoms with Gasteiger partial charge in [0.2, 0.25) is 0 Å². The number of nitrogens with one attached hydrogen (secondary N) is 1. The molecule has 0 spiro atoms. The van der Waals surface area contributed by atoms with Crippen LogP contribution in [0.3, 0.4) is 0 Å². The number of rotatable bonds is 4. The Labute approximate surface area is 127 Å². The van der Waals surface area contributed by atoms with Crippen molar-refractivity contribution in [2.75, 3.05) is 10.5 Å². The number of halogens is 2. The molecule has 0 atom stereocenters. The first-order valence-electron chi connectivity index (χ1n) is 6.20. The largest absolute Gasteiger partial charge is 0.399 e. The van der Waals surface area contributed by atoms with E-state index in [1.54, 1.807) is 12.1 Å². The highest BCUT2D eigenvalue weighted by Crippen LogP contribution is 2.26. The highest BCUT2D eigenvalue weighted by molar-refractivity contribution is 7.92. The molecule has 0 aliphatic carbocycles. The minimum absolute atomic E-state index is 0.0318. The lowest BCUT2D eigenvalue weighted by molar-refractivity contribution is 0.597. The molecule has 0 aliphatic rings. The summed E-state index contributed by atoms with van der Waals surface area (Å²) in [7, 11) is -3.95. The average Bonchev–Trinajstić information content (AvgIpc) is 2.44. The molecule has 7 heteroatoms. The molecule has 0 saturated heterocycles. The van der Waals surface area contributed by atoms with Gasteiger partial charge >= 0.3 is 0 Å². The summed E-state index contributed by atoms with van der Waals surface area (Å²) in [4.78, 5) is 0.0318. The van der Waals surface area contributed by atoms with Crippen LogP contribution < -0.4 is 10.5 Å². The summed E-state index contributed by atoms with van der Waals surface area (Å²) in [6.45, 7) is 1.82. The van der Waals surface area contributed by atoms with Crippen molar-refractivity contribution in [2.45, 2.75) is 18.2 Å². The van der Waals surface area contributed by atoms with Gasteiger partial charge in [-0.3, -0.25) is 4.72 Å². The number of nitrogen functional groups attached to an aromatic ring is 1. The standard InChI is InChI=1S/C14H14ClFN2O2S/c1-2-9-6-7-10(17)8-13(9)21(19,20)18-12-5-3-4-11(15)14(12)16/h3-8,18H,2,17H2,1H3. The van der Waals surface area contributed by atoms with Crippen LogP contribution in [0.5, 0.6) is 0 Å². The third-order valence-corrected chi connectivity index (χ3v) is 4.70. The second-order valence-corrected chi connectivity index (χ2v) is 6.49. The van der Waals surface area contributed by atoms with E-state index in [-0.39, 0.29) is 15.6 Å². The van der Waals surface area contributed by atoms with Crippen LogP contribution in [-0.2, 0) is 16.4 Å². The Morgan fingerprint density at radius 3 is 2.67 bits per heavy atom. The van der Waals surface area contributed by atoms with E-state index in [0.717, 1.165) is 0 Å². The lowest BCUT2D eigenvalue weighted by atomic mass is 10.1. The minimum atomic E-state index is -3.95. The summed E-state index contributed by atoms with van der Waals surface area (Å²) in [6.07, 6.45) is 0.508. The molecule has 112 valence electrons. The molecule has 0 saturated carbocycles. The van der Waals surface area contributed by atoms with Crippen LogP contribution in [0.2, 0.25) is 5.02 Å². The van der Waals surface area contributed by atoms with Crippen LogP contribution in [0, 0.1) is 5.82 Å². The number of hydrogen-bond donors (Lipinski definition) is 2. The normalized spacial score (nSPS) is 11.4. The topological polar surface area (TPSA) is 72.2 Å². The fraction of sp³-hybridized carbons (Fsp3) is 0.143. The second-order valence-electron chi connectivity index (χ2n) is 4.43. The molecule has 3 N–H and O–H groups in total. The Kier molecular flexibility index (Phi) is 4.39. The lowest BCUT2D eigenvalue weighted by Gasteiger charge is -2.13. The first kappa shape index (κ1) is 15.6. The summed E-state index contributed by atoms with van der Waals surface area (Å²) in [6, 6.07) is 8.71. The molecule has 21 heavy (non-hydrogen) atoms. The average molecular weight is 329 g/mol. The van der Waals surface area contributed by atoms with E-state index in [1.807, 2.05) is 6.92 Å². The van der Waals surface area contributed by atoms with E-state index in [1.165, 1.54) is 24.3 Å². The molecule has 4 nitrogen and oxygen atoms in total. The zero-order valence-electron chi connectivity index (χ0n) is 11.2. The summed E-state index contributed by atoms with van der Waals surface area (Å²) < 4.78 is 40.9. The number of anilines is 2. The van der Waals surface area contributed by atoms with Crippen LogP contribution in [0.25, 0.3) is 0 Å². The fourth-order valence-corrected chi connectivity index (χ4v) is 3.48. The zero-order chi connectivity index (χ0) is 15.6. The van der Waals surface area contributed by atoms with Crippen molar-refractivity contribution < 1.29 is 12.8 Å². The summed E-state index contributed by atoms with van der Waals surface area (Å²) in [5, 5.41) is -0.154. The summed E-state index contributed by atoms with van der Waals surface area (Å²) >= 11 is 5.64. The number of nitrogens with two attached hydrogens (primary N) is 1. The van der Waals surface area contributed by atoms with Crippen LogP contribution in [0.15, 0.2) is 41.3 Å². The molecule has 0 aromatic heterocycles. The number of aryl methyl sites for hydroxylation is 1. The van der Waals surface area contributed by atoms with Crippen LogP contribution >= 0.6 is 11.6 Å². The number of sulfonamides is 1. The van der Waals surface area contributed by atoms with Crippen molar-refractivity contribution in [3.63, 3.8) is 0 Å². The van der Waals surface area contributed by atoms with Crippen LogP contribution in [-0.4, -0.2) is 8.42 Å². The van der Waals surface area contributed by atoms with Gasteiger partial charge in [0.05, 0.1) is 15.6 Å². The van der Waals surface area contributed by atoms with Gasteiger partial charge in [0, 0.05) is 5.69 Å². The highest BCUT2D eigenvalue weighted by Gasteiger charge is 2.20. The number of hydrogen-bond acceptors (Lipinski definition) is 3. The maximum atomic E-state index is 13.8. The lowest BCUT2D eigenvalue weighted by Crippen LogP contribution is -2.16. The summed E-state index contributed by atoms with van der Waals surface area (Å²) in [5.74, 6) is -0.815. The maximum absolute atomic E-state index is 13.8.